The lowest BCUT2D eigenvalue weighted by Crippen LogP contribution is -2.32. The number of hydrogen-bond donors (Lipinski definition) is 0. The summed E-state index contributed by atoms with van der Waals surface area (Å²) in [5, 5.41) is 4.20. The predicted molar refractivity (Wildman–Crippen MR) is 200 cm³/mol. The van der Waals surface area contributed by atoms with E-state index in [2.05, 4.69) is 109 Å². The standard InChI is InChI=1S/C45H38O8/c1-3-11-33-27(9-1)17-39(50-23-29-19-46-29)43(52-25-31-21-48-31)41(33)45(37-15-7-5-13-35(37)36-14-6-8-16-38(36)45)42-34-12-4-2-10-28(34)18-40(51-24-30-20-47-30)44(42)53-26-32-22-49-32/h1-18,29-32H,19-26H2. The van der Waals surface area contributed by atoms with Gasteiger partial charge in [0, 0.05) is 11.1 Å². The molecule has 4 saturated heterocycles. The molecule has 5 aliphatic rings. The zero-order chi connectivity index (χ0) is 34.9. The monoisotopic (exact) mass is 706 g/mol. The Bertz CT molecular complexity index is 2200. The highest BCUT2D eigenvalue weighted by Crippen LogP contribution is 2.64. The van der Waals surface area contributed by atoms with E-state index in [9.17, 15) is 0 Å². The summed E-state index contributed by atoms with van der Waals surface area (Å²) in [4.78, 5) is 0. The molecule has 4 heterocycles. The Hall–Kier alpha value is -5.12. The van der Waals surface area contributed by atoms with E-state index in [0.717, 1.165) is 54.9 Å². The van der Waals surface area contributed by atoms with Crippen LogP contribution in [-0.4, -0.2) is 77.3 Å². The topological polar surface area (TPSA) is 87.0 Å². The number of fused-ring (bicyclic) bond motifs is 5. The van der Waals surface area contributed by atoms with Crippen molar-refractivity contribution in [2.45, 2.75) is 29.8 Å². The third-order valence-electron chi connectivity index (χ3n) is 10.9. The van der Waals surface area contributed by atoms with Crippen molar-refractivity contribution in [2.75, 3.05) is 52.9 Å². The second-order valence-electron chi connectivity index (χ2n) is 14.5. The zero-order valence-electron chi connectivity index (χ0n) is 29.1. The first-order valence-corrected chi connectivity index (χ1v) is 18.5. The molecule has 266 valence electrons. The molecular weight excluding hydrogens is 668 g/mol. The lowest BCUT2D eigenvalue weighted by Gasteiger charge is -2.38. The molecule has 0 bridgehead atoms. The van der Waals surface area contributed by atoms with Crippen molar-refractivity contribution in [1.82, 2.24) is 0 Å². The van der Waals surface area contributed by atoms with Gasteiger partial charge >= 0.3 is 0 Å². The maximum absolute atomic E-state index is 7.02. The Morgan fingerprint density at radius 3 is 1.23 bits per heavy atom. The van der Waals surface area contributed by atoms with Gasteiger partial charge in [-0.1, -0.05) is 97.1 Å². The van der Waals surface area contributed by atoms with Crippen LogP contribution in [0, 0.1) is 0 Å². The molecule has 8 nitrogen and oxygen atoms in total. The van der Waals surface area contributed by atoms with Gasteiger partial charge in [-0.05, 0) is 55.9 Å². The zero-order valence-corrected chi connectivity index (χ0v) is 29.1. The molecule has 1 aliphatic carbocycles. The molecule has 0 saturated carbocycles. The van der Waals surface area contributed by atoms with Crippen LogP contribution in [0.4, 0.5) is 0 Å². The van der Waals surface area contributed by atoms with Crippen LogP contribution in [0.5, 0.6) is 23.0 Å². The summed E-state index contributed by atoms with van der Waals surface area (Å²) in [6.07, 6.45) is 0.161. The fraction of sp³-hybridized carbons (Fsp3) is 0.289. The van der Waals surface area contributed by atoms with Gasteiger partial charge in [0.25, 0.3) is 0 Å². The lowest BCUT2D eigenvalue weighted by atomic mass is 9.64. The Balaban J connectivity index is 1.30. The van der Waals surface area contributed by atoms with Crippen molar-refractivity contribution in [3.05, 3.63) is 131 Å². The fourth-order valence-corrected chi connectivity index (χ4v) is 8.13. The molecule has 0 radical (unpaired) electrons. The average molecular weight is 707 g/mol. The normalized spacial score (nSPS) is 22.6. The van der Waals surface area contributed by atoms with Crippen LogP contribution in [0.15, 0.2) is 109 Å². The third kappa shape index (κ3) is 5.51. The number of rotatable bonds is 14. The molecule has 0 aromatic heterocycles. The van der Waals surface area contributed by atoms with Crippen molar-refractivity contribution < 1.29 is 37.9 Å². The van der Waals surface area contributed by atoms with Crippen LogP contribution < -0.4 is 18.9 Å². The van der Waals surface area contributed by atoms with Gasteiger partial charge in [-0.2, -0.15) is 0 Å². The molecule has 11 rings (SSSR count). The molecule has 4 atom stereocenters. The van der Waals surface area contributed by atoms with Crippen molar-refractivity contribution in [3.8, 4) is 34.1 Å². The van der Waals surface area contributed by atoms with Crippen molar-refractivity contribution in [1.29, 1.82) is 0 Å². The first kappa shape index (κ1) is 31.4. The fourth-order valence-electron chi connectivity index (χ4n) is 8.13. The Labute approximate surface area is 307 Å². The third-order valence-corrected chi connectivity index (χ3v) is 10.9. The second kappa shape index (κ2) is 12.5. The number of ether oxygens (including phenoxy) is 8. The SMILES string of the molecule is c1ccc2c(c1)-c1ccccc1C2(c1c(OCC2CO2)c(OCC2CO2)cc2ccccc12)c1c(OCC2CO2)c(OCC2CO2)cc2ccccc12. The van der Waals surface area contributed by atoms with Crippen LogP contribution in [0.2, 0.25) is 0 Å². The van der Waals surface area contributed by atoms with E-state index < -0.39 is 5.41 Å². The van der Waals surface area contributed by atoms with E-state index >= 15 is 0 Å². The predicted octanol–water partition coefficient (Wildman–Crippen LogP) is 7.47. The number of benzene rings is 6. The summed E-state index contributed by atoms with van der Waals surface area (Å²) in [7, 11) is 0. The van der Waals surface area contributed by atoms with Crippen molar-refractivity contribution in [2.24, 2.45) is 0 Å². The Kier molecular flexibility index (Phi) is 7.40. The minimum atomic E-state index is -0.962. The van der Waals surface area contributed by atoms with E-state index in [4.69, 9.17) is 37.9 Å². The molecular formula is C45H38O8. The number of epoxide rings is 4. The highest BCUT2D eigenvalue weighted by Gasteiger charge is 2.52. The van der Waals surface area contributed by atoms with Crippen LogP contribution in [0.25, 0.3) is 32.7 Å². The Morgan fingerprint density at radius 1 is 0.453 bits per heavy atom. The second-order valence-corrected chi connectivity index (χ2v) is 14.5. The minimum absolute atomic E-state index is 0.0210. The van der Waals surface area contributed by atoms with Gasteiger partial charge in [0.05, 0.1) is 31.8 Å². The van der Waals surface area contributed by atoms with E-state index in [-0.39, 0.29) is 24.4 Å². The van der Waals surface area contributed by atoms with Crippen LogP contribution in [0.3, 0.4) is 0 Å². The molecule has 4 unspecified atom stereocenters. The highest BCUT2D eigenvalue weighted by atomic mass is 16.6. The molecule has 0 amide bonds. The average Bonchev–Trinajstić information content (AvgIpc) is 4.00. The van der Waals surface area contributed by atoms with Crippen LogP contribution in [-0.2, 0) is 24.4 Å². The highest BCUT2D eigenvalue weighted by molar-refractivity contribution is 6.02. The summed E-state index contributed by atoms with van der Waals surface area (Å²) in [6.45, 7) is 4.37. The smallest absolute Gasteiger partial charge is 0.166 e. The number of hydrogen-bond acceptors (Lipinski definition) is 8. The van der Waals surface area contributed by atoms with Gasteiger partial charge in [-0.25, -0.2) is 0 Å². The first-order chi connectivity index (χ1) is 26.3. The van der Waals surface area contributed by atoms with Gasteiger partial charge in [0.15, 0.2) is 23.0 Å². The van der Waals surface area contributed by atoms with E-state index in [0.29, 0.717) is 75.9 Å². The Morgan fingerprint density at radius 2 is 0.811 bits per heavy atom. The van der Waals surface area contributed by atoms with E-state index in [1.165, 1.54) is 0 Å². The summed E-state index contributed by atoms with van der Waals surface area (Å²) < 4.78 is 50.1. The maximum atomic E-state index is 7.02. The molecule has 4 aliphatic heterocycles. The van der Waals surface area contributed by atoms with Gasteiger partial charge < -0.3 is 37.9 Å². The molecule has 4 fully saturated rings. The van der Waals surface area contributed by atoms with Gasteiger partial charge in [-0.3, -0.25) is 0 Å². The maximum Gasteiger partial charge on any atom is 0.166 e. The quantitative estimate of drug-likeness (QED) is 0.108. The van der Waals surface area contributed by atoms with E-state index in [1.54, 1.807) is 0 Å². The van der Waals surface area contributed by atoms with Crippen LogP contribution >= 0.6 is 0 Å². The first-order valence-electron chi connectivity index (χ1n) is 18.5. The van der Waals surface area contributed by atoms with Gasteiger partial charge in [-0.15, -0.1) is 0 Å². The molecule has 6 aromatic rings. The molecule has 0 N–H and O–H groups in total. The summed E-state index contributed by atoms with van der Waals surface area (Å²) >= 11 is 0. The minimum Gasteiger partial charge on any atom is -0.487 e. The lowest BCUT2D eigenvalue weighted by molar-refractivity contribution is 0.223. The van der Waals surface area contributed by atoms with Crippen molar-refractivity contribution >= 4 is 21.5 Å². The summed E-state index contributed by atoms with van der Waals surface area (Å²) in [6, 6.07) is 38.8. The van der Waals surface area contributed by atoms with Crippen molar-refractivity contribution in [3.63, 3.8) is 0 Å². The van der Waals surface area contributed by atoms with Crippen LogP contribution in [0.1, 0.15) is 22.3 Å². The molecule has 8 heteroatoms. The summed E-state index contributed by atoms with van der Waals surface area (Å²) in [5.41, 5.74) is 5.57. The van der Waals surface area contributed by atoms with Gasteiger partial charge in [0.2, 0.25) is 0 Å². The summed E-state index contributed by atoms with van der Waals surface area (Å²) in [5.74, 6) is 2.72. The largest absolute Gasteiger partial charge is 0.487 e. The molecule has 6 aromatic carbocycles. The molecule has 53 heavy (non-hydrogen) atoms. The molecule has 0 spiro atoms. The van der Waals surface area contributed by atoms with Gasteiger partial charge in [0.1, 0.15) is 50.8 Å². The van der Waals surface area contributed by atoms with E-state index in [1.807, 2.05) is 0 Å².